The summed E-state index contributed by atoms with van der Waals surface area (Å²) in [6, 6.07) is 2.10. The Morgan fingerprint density at radius 3 is 2.67 bits per heavy atom. The van der Waals surface area contributed by atoms with E-state index in [0.29, 0.717) is 36.2 Å². The lowest BCUT2D eigenvalue weighted by Crippen LogP contribution is -2.38. The maximum Gasteiger partial charge on any atom is 0.229 e. The molecule has 1 N–H and O–H groups in total. The Kier molecular flexibility index (Phi) is 6.30. The van der Waals surface area contributed by atoms with Crippen molar-refractivity contribution in [2.24, 2.45) is 5.92 Å². The van der Waals surface area contributed by atoms with Gasteiger partial charge in [0.25, 0.3) is 0 Å². The minimum atomic E-state index is -0.312. The van der Waals surface area contributed by atoms with E-state index >= 15 is 0 Å². The van der Waals surface area contributed by atoms with E-state index < -0.39 is 0 Å². The Morgan fingerprint density at radius 2 is 2.04 bits per heavy atom. The number of halogens is 1. The van der Waals surface area contributed by atoms with Crippen molar-refractivity contribution < 1.29 is 14.3 Å². The quantitative estimate of drug-likeness (QED) is 0.810. The van der Waals surface area contributed by atoms with Gasteiger partial charge < -0.3 is 15.0 Å². The fraction of sp³-hybridized carbons (Fsp3) is 0.619. The molecule has 2 fully saturated rings. The Labute approximate surface area is 166 Å². The lowest BCUT2D eigenvalue weighted by molar-refractivity contribution is -0.130. The molecule has 0 radical (unpaired) electrons. The van der Waals surface area contributed by atoms with Crippen molar-refractivity contribution in [3.63, 3.8) is 0 Å². The zero-order valence-electron chi connectivity index (χ0n) is 16.4. The minimum absolute atomic E-state index is 0.108. The lowest BCUT2D eigenvalue weighted by Gasteiger charge is -2.31. The zero-order chi connectivity index (χ0) is 19.6. The van der Waals surface area contributed by atoms with Crippen molar-refractivity contribution in [1.82, 2.24) is 4.90 Å². The second-order valence-electron chi connectivity index (χ2n) is 7.62. The van der Waals surface area contributed by atoms with Crippen LogP contribution in [0.25, 0.3) is 0 Å². The van der Waals surface area contributed by atoms with Gasteiger partial charge in [0.15, 0.2) is 0 Å². The molecule has 0 aromatic heterocycles. The van der Waals surface area contributed by atoms with Gasteiger partial charge in [0.2, 0.25) is 11.8 Å². The van der Waals surface area contributed by atoms with Crippen LogP contribution in [0.1, 0.15) is 56.6 Å². The van der Waals surface area contributed by atoms with Gasteiger partial charge in [-0.15, -0.1) is 0 Å². The summed E-state index contributed by atoms with van der Waals surface area (Å²) in [5.74, 6) is 0.366. The molecule has 1 aliphatic carbocycles. The first kappa shape index (κ1) is 20.0. The van der Waals surface area contributed by atoms with E-state index in [1.807, 2.05) is 18.7 Å². The van der Waals surface area contributed by atoms with E-state index in [0.717, 1.165) is 29.7 Å². The number of likely N-dealkylation sites (tertiary alicyclic amines) is 1. The average Bonchev–Trinajstić information content (AvgIpc) is 3.07. The smallest absolute Gasteiger partial charge is 0.229 e. The third kappa shape index (κ3) is 4.08. The van der Waals surface area contributed by atoms with Crippen LogP contribution in [-0.4, -0.2) is 36.4 Å². The van der Waals surface area contributed by atoms with E-state index in [1.54, 1.807) is 13.2 Å². The summed E-state index contributed by atoms with van der Waals surface area (Å²) in [7, 11) is 1.60. The number of carbonyl (C=O) groups is 2. The number of anilines is 1. The Hall–Kier alpha value is -1.75. The summed E-state index contributed by atoms with van der Waals surface area (Å²) < 4.78 is 5.44. The minimum Gasteiger partial charge on any atom is -0.496 e. The number of ether oxygens (including phenoxy) is 1. The van der Waals surface area contributed by atoms with Crippen molar-refractivity contribution in [3.8, 4) is 5.75 Å². The molecule has 0 bridgehead atoms. The van der Waals surface area contributed by atoms with Crippen molar-refractivity contribution >= 4 is 29.1 Å². The zero-order valence-corrected chi connectivity index (χ0v) is 17.2. The second-order valence-corrected chi connectivity index (χ2v) is 8.03. The van der Waals surface area contributed by atoms with Crippen LogP contribution in [0.3, 0.4) is 0 Å². The molecular formula is C21H29ClN2O3. The van der Waals surface area contributed by atoms with Gasteiger partial charge in [0, 0.05) is 29.6 Å². The molecule has 2 aliphatic rings. The van der Waals surface area contributed by atoms with Crippen molar-refractivity contribution in [3.05, 3.63) is 22.2 Å². The van der Waals surface area contributed by atoms with Crippen LogP contribution in [0.4, 0.5) is 5.69 Å². The van der Waals surface area contributed by atoms with Crippen molar-refractivity contribution in [1.29, 1.82) is 0 Å². The molecule has 148 valence electrons. The molecule has 6 heteroatoms. The number of rotatable bonds is 5. The van der Waals surface area contributed by atoms with Crippen LogP contribution in [0.5, 0.6) is 5.75 Å². The van der Waals surface area contributed by atoms with E-state index in [2.05, 4.69) is 5.32 Å². The van der Waals surface area contributed by atoms with Crippen molar-refractivity contribution in [2.75, 3.05) is 19.0 Å². The lowest BCUT2D eigenvalue weighted by atomic mass is 9.94. The van der Waals surface area contributed by atoms with E-state index in [-0.39, 0.29) is 17.7 Å². The van der Waals surface area contributed by atoms with Gasteiger partial charge in [-0.25, -0.2) is 0 Å². The van der Waals surface area contributed by atoms with Crippen LogP contribution >= 0.6 is 11.6 Å². The number of amides is 2. The summed E-state index contributed by atoms with van der Waals surface area (Å²) in [6.07, 6.45) is 6.72. The number of nitrogens with zero attached hydrogens (tertiary/aromatic N) is 1. The van der Waals surface area contributed by atoms with Crippen LogP contribution in [0, 0.1) is 12.8 Å². The molecule has 2 amide bonds. The fourth-order valence-corrected chi connectivity index (χ4v) is 4.55. The number of methoxy groups -OCH3 is 1. The number of hydrogen-bond acceptors (Lipinski definition) is 3. The molecule has 1 aromatic rings. The molecule has 1 heterocycles. The summed E-state index contributed by atoms with van der Waals surface area (Å²) in [5, 5.41) is 3.61. The molecule has 5 nitrogen and oxygen atoms in total. The maximum absolute atomic E-state index is 12.9. The molecule has 1 atom stereocenters. The molecule has 1 unspecified atom stereocenters. The molecule has 1 aromatic carbocycles. The largest absolute Gasteiger partial charge is 0.496 e. The summed E-state index contributed by atoms with van der Waals surface area (Å²) in [5.41, 5.74) is 2.48. The van der Waals surface area contributed by atoms with Crippen molar-refractivity contribution in [2.45, 2.75) is 64.8 Å². The van der Waals surface area contributed by atoms with Crippen LogP contribution in [-0.2, 0) is 16.0 Å². The third-order valence-electron chi connectivity index (χ3n) is 5.96. The summed E-state index contributed by atoms with van der Waals surface area (Å²) in [6.45, 7) is 4.43. The summed E-state index contributed by atoms with van der Waals surface area (Å²) in [4.78, 5) is 27.4. The predicted octanol–water partition coefficient (Wildman–Crippen LogP) is 4.34. The Balaban J connectivity index is 1.76. The monoisotopic (exact) mass is 392 g/mol. The standard InChI is InChI=1S/C21H29ClN2O3/c1-4-16-18(27-3)11-17(22)13(2)20(16)23-21(26)14-10-19(25)24(12-14)15-8-6-5-7-9-15/h11,14-15H,4-10,12H2,1-3H3,(H,23,26). The molecular weight excluding hydrogens is 364 g/mol. The SMILES string of the molecule is CCc1c(OC)cc(Cl)c(C)c1NC(=O)C1CC(=O)N(C2CCCCC2)C1. The van der Waals surface area contributed by atoms with Gasteiger partial charge >= 0.3 is 0 Å². The maximum atomic E-state index is 12.9. The van der Waals surface area contributed by atoms with Gasteiger partial charge in [0.05, 0.1) is 18.7 Å². The van der Waals surface area contributed by atoms with Gasteiger partial charge in [-0.1, -0.05) is 37.8 Å². The van der Waals surface area contributed by atoms with Crippen LogP contribution < -0.4 is 10.1 Å². The molecule has 27 heavy (non-hydrogen) atoms. The Bertz CT molecular complexity index is 729. The first-order valence-electron chi connectivity index (χ1n) is 9.92. The topological polar surface area (TPSA) is 58.6 Å². The first-order chi connectivity index (χ1) is 13.0. The third-order valence-corrected chi connectivity index (χ3v) is 6.35. The van der Waals surface area contributed by atoms with Crippen LogP contribution in [0.2, 0.25) is 5.02 Å². The molecule has 0 spiro atoms. The van der Waals surface area contributed by atoms with Gasteiger partial charge in [-0.2, -0.15) is 0 Å². The van der Waals surface area contributed by atoms with Gasteiger partial charge in [0.1, 0.15) is 5.75 Å². The number of hydrogen-bond donors (Lipinski definition) is 1. The Morgan fingerprint density at radius 1 is 1.33 bits per heavy atom. The second kappa shape index (κ2) is 8.51. The van der Waals surface area contributed by atoms with Gasteiger partial charge in [-0.3, -0.25) is 9.59 Å². The first-order valence-corrected chi connectivity index (χ1v) is 10.3. The highest BCUT2D eigenvalue weighted by molar-refractivity contribution is 6.32. The average molecular weight is 393 g/mol. The highest BCUT2D eigenvalue weighted by Crippen LogP contribution is 2.37. The van der Waals surface area contributed by atoms with E-state index in [9.17, 15) is 9.59 Å². The molecule has 3 rings (SSSR count). The highest BCUT2D eigenvalue weighted by atomic mass is 35.5. The number of nitrogens with one attached hydrogen (secondary N) is 1. The number of carbonyl (C=O) groups excluding carboxylic acids is 2. The molecule has 1 aliphatic heterocycles. The predicted molar refractivity (Wildman–Crippen MR) is 107 cm³/mol. The van der Waals surface area contributed by atoms with Crippen LogP contribution in [0.15, 0.2) is 6.07 Å². The van der Waals surface area contributed by atoms with E-state index in [1.165, 1.54) is 19.3 Å². The summed E-state index contributed by atoms with van der Waals surface area (Å²) >= 11 is 6.32. The highest BCUT2D eigenvalue weighted by Gasteiger charge is 2.38. The number of benzene rings is 1. The van der Waals surface area contributed by atoms with E-state index in [4.69, 9.17) is 16.3 Å². The molecule has 1 saturated heterocycles. The van der Waals surface area contributed by atoms with Gasteiger partial charge in [-0.05, 0) is 37.8 Å². The normalized spacial score (nSPS) is 20.8. The fourth-order valence-electron chi connectivity index (χ4n) is 4.36. The molecule has 1 saturated carbocycles.